The predicted molar refractivity (Wildman–Crippen MR) is 108 cm³/mol. The lowest BCUT2D eigenvalue weighted by Crippen LogP contribution is -2.25. The summed E-state index contributed by atoms with van der Waals surface area (Å²) in [6, 6.07) is 9.42. The van der Waals surface area contributed by atoms with E-state index in [-0.39, 0.29) is 17.2 Å². The fourth-order valence-corrected chi connectivity index (χ4v) is 3.59. The highest BCUT2D eigenvalue weighted by Crippen LogP contribution is 2.30. The molecule has 0 bridgehead atoms. The van der Waals surface area contributed by atoms with E-state index in [9.17, 15) is 4.79 Å². The van der Waals surface area contributed by atoms with Crippen LogP contribution in [0.15, 0.2) is 41.7 Å². The molecule has 0 fully saturated rings. The largest absolute Gasteiger partial charge is 0.310 e. The van der Waals surface area contributed by atoms with E-state index < -0.39 is 0 Å². The Hall–Kier alpha value is -2.32. The Balaban J connectivity index is 1.73. The summed E-state index contributed by atoms with van der Waals surface area (Å²) in [7, 11) is 1.86. The quantitative estimate of drug-likeness (QED) is 0.627. The number of hydrogen-bond donors (Lipinski definition) is 1. The van der Waals surface area contributed by atoms with E-state index in [2.05, 4.69) is 20.6 Å². The Labute approximate surface area is 167 Å². The number of amides is 1. The Kier molecular flexibility index (Phi) is 5.86. The Morgan fingerprint density at radius 2 is 1.93 bits per heavy atom. The topological polar surface area (TPSA) is 77.6 Å². The average Bonchev–Trinajstić information content (AvgIpc) is 3.23. The third-order valence-electron chi connectivity index (χ3n) is 4.01. The van der Waals surface area contributed by atoms with Crippen LogP contribution < -0.4 is 5.32 Å². The molecule has 0 saturated carbocycles. The molecule has 1 amide bonds. The first-order chi connectivity index (χ1) is 12.9. The SMILES string of the molecule is CC(C)n1nccc1NC(=O)[C@H](C)Sc1nnc(-c2ccccc2Cl)n1C. The van der Waals surface area contributed by atoms with Crippen LogP contribution >= 0.6 is 23.4 Å². The van der Waals surface area contributed by atoms with E-state index >= 15 is 0 Å². The maximum absolute atomic E-state index is 12.6. The van der Waals surface area contributed by atoms with Crippen LogP contribution in [0.5, 0.6) is 0 Å². The minimum Gasteiger partial charge on any atom is -0.310 e. The number of carbonyl (C=O) groups excluding carboxylic acids is 1. The van der Waals surface area contributed by atoms with Crippen molar-refractivity contribution in [2.24, 2.45) is 7.05 Å². The second-order valence-corrected chi connectivity index (χ2v) is 8.06. The predicted octanol–water partition coefficient (Wildman–Crippen LogP) is 4.03. The average molecular weight is 405 g/mol. The Bertz CT molecular complexity index is 951. The molecule has 1 N–H and O–H groups in total. The molecule has 0 unspecified atom stereocenters. The van der Waals surface area contributed by atoms with Crippen molar-refractivity contribution in [3.05, 3.63) is 41.6 Å². The van der Waals surface area contributed by atoms with E-state index in [0.29, 0.717) is 21.8 Å². The van der Waals surface area contributed by atoms with Gasteiger partial charge in [0.1, 0.15) is 5.82 Å². The molecule has 2 aromatic heterocycles. The Morgan fingerprint density at radius 1 is 1.19 bits per heavy atom. The zero-order chi connectivity index (χ0) is 19.6. The summed E-state index contributed by atoms with van der Waals surface area (Å²) in [5, 5.41) is 16.5. The highest BCUT2D eigenvalue weighted by Gasteiger charge is 2.21. The number of anilines is 1. The molecule has 3 aromatic rings. The van der Waals surface area contributed by atoms with Crippen LogP contribution in [0.1, 0.15) is 26.8 Å². The van der Waals surface area contributed by atoms with Gasteiger partial charge in [0, 0.05) is 24.7 Å². The van der Waals surface area contributed by atoms with E-state index in [1.807, 2.05) is 56.7 Å². The first-order valence-electron chi connectivity index (χ1n) is 8.53. The number of thioether (sulfide) groups is 1. The normalized spacial score (nSPS) is 12.4. The van der Waals surface area contributed by atoms with Gasteiger partial charge in [-0.05, 0) is 32.9 Å². The molecule has 27 heavy (non-hydrogen) atoms. The van der Waals surface area contributed by atoms with Gasteiger partial charge in [-0.1, -0.05) is 35.5 Å². The summed E-state index contributed by atoms with van der Waals surface area (Å²) in [6.45, 7) is 5.85. The highest BCUT2D eigenvalue weighted by molar-refractivity contribution is 8.00. The standard InChI is InChI=1S/C18H21ClN6OS/c1-11(2)25-15(9-10-20-25)21-17(26)12(3)27-18-23-22-16(24(18)4)13-7-5-6-8-14(13)19/h5-12H,1-4H3,(H,21,26)/t12-/m0/s1. The first-order valence-corrected chi connectivity index (χ1v) is 9.79. The van der Waals surface area contributed by atoms with Gasteiger partial charge in [-0.15, -0.1) is 10.2 Å². The number of hydrogen-bond acceptors (Lipinski definition) is 5. The zero-order valence-electron chi connectivity index (χ0n) is 15.5. The van der Waals surface area contributed by atoms with Crippen molar-refractivity contribution < 1.29 is 4.79 Å². The van der Waals surface area contributed by atoms with Gasteiger partial charge in [-0.25, -0.2) is 4.68 Å². The summed E-state index contributed by atoms with van der Waals surface area (Å²) < 4.78 is 3.61. The lowest BCUT2D eigenvalue weighted by Gasteiger charge is -2.14. The summed E-state index contributed by atoms with van der Waals surface area (Å²) in [4.78, 5) is 12.6. The summed E-state index contributed by atoms with van der Waals surface area (Å²) in [5.74, 6) is 1.22. The highest BCUT2D eigenvalue weighted by atomic mass is 35.5. The van der Waals surface area contributed by atoms with Crippen molar-refractivity contribution in [3.8, 4) is 11.4 Å². The molecule has 0 radical (unpaired) electrons. The Morgan fingerprint density at radius 3 is 2.63 bits per heavy atom. The number of nitrogens with zero attached hydrogens (tertiary/aromatic N) is 5. The van der Waals surface area contributed by atoms with Gasteiger partial charge in [0.25, 0.3) is 0 Å². The lowest BCUT2D eigenvalue weighted by atomic mass is 10.2. The van der Waals surface area contributed by atoms with Crippen LogP contribution in [0, 0.1) is 0 Å². The molecule has 9 heteroatoms. The van der Waals surface area contributed by atoms with E-state index in [0.717, 1.165) is 5.56 Å². The molecule has 0 aliphatic heterocycles. The van der Waals surface area contributed by atoms with Crippen LogP contribution in [0.2, 0.25) is 5.02 Å². The molecular formula is C18H21ClN6OS. The molecule has 142 valence electrons. The van der Waals surface area contributed by atoms with Gasteiger partial charge in [0.05, 0.1) is 16.5 Å². The van der Waals surface area contributed by atoms with E-state index in [1.165, 1.54) is 11.8 Å². The van der Waals surface area contributed by atoms with Crippen molar-refractivity contribution in [1.29, 1.82) is 0 Å². The van der Waals surface area contributed by atoms with Gasteiger partial charge < -0.3 is 9.88 Å². The summed E-state index contributed by atoms with van der Waals surface area (Å²) in [6.07, 6.45) is 1.67. The van der Waals surface area contributed by atoms with Crippen molar-refractivity contribution in [2.75, 3.05) is 5.32 Å². The fourth-order valence-electron chi connectivity index (χ4n) is 2.56. The van der Waals surface area contributed by atoms with Crippen molar-refractivity contribution in [2.45, 2.75) is 37.2 Å². The molecule has 0 aliphatic carbocycles. The van der Waals surface area contributed by atoms with Gasteiger partial charge in [-0.2, -0.15) is 5.10 Å². The van der Waals surface area contributed by atoms with Crippen molar-refractivity contribution in [1.82, 2.24) is 24.5 Å². The van der Waals surface area contributed by atoms with Crippen molar-refractivity contribution in [3.63, 3.8) is 0 Å². The van der Waals surface area contributed by atoms with Crippen LogP contribution in [-0.4, -0.2) is 35.7 Å². The van der Waals surface area contributed by atoms with Gasteiger partial charge in [0.15, 0.2) is 11.0 Å². The summed E-state index contributed by atoms with van der Waals surface area (Å²) >= 11 is 7.60. The molecule has 0 saturated heterocycles. The number of aromatic nitrogens is 5. The number of nitrogens with one attached hydrogen (secondary N) is 1. The molecule has 7 nitrogen and oxygen atoms in total. The maximum atomic E-state index is 12.6. The zero-order valence-corrected chi connectivity index (χ0v) is 17.1. The van der Waals surface area contributed by atoms with Gasteiger partial charge >= 0.3 is 0 Å². The third-order valence-corrected chi connectivity index (χ3v) is 5.48. The van der Waals surface area contributed by atoms with E-state index in [1.54, 1.807) is 16.9 Å². The minimum atomic E-state index is -0.359. The first kappa shape index (κ1) is 19.4. The van der Waals surface area contributed by atoms with Crippen LogP contribution in [-0.2, 0) is 11.8 Å². The van der Waals surface area contributed by atoms with E-state index in [4.69, 9.17) is 11.6 Å². The number of carbonyl (C=O) groups is 1. The van der Waals surface area contributed by atoms with Crippen LogP contribution in [0.4, 0.5) is 5.82 Å². The van der Waals surface area contributed by atoms with Crippen LogP contribution in [0.25, 0.3) is 11.4 Å². The molecule has 0 spiro atoms. The second kappa shape index (κ2) is 8.14. The molecule has 1 atom stereocenters. The number of rotatable bonds is 6. The molecule has 1 aromatic carbocycles. The molecule has 3 rings (SSSR count). The van der Waals surface area contributed by atoms with Crippen molar-refractivity contribution >= 4 is 35.1 Å². The number of benzene rings is 1. The fraction of sp³-hybridized carbons (Fsp3) is 0.333. The third kappa shape index (κ3) is 4.17. The summed E-state index contributed by atoms with van der Waals surface area (Å²) in [5.41, 5.74) is 0.805. The smallest absolute Gasteiger partial charge is 0.238 e. The van der Waals surface area contributed by atoms with Crippen LogP contribution in [0.3, 0.4) is 0 Å². The van der Waals surface area contributed by atoms with Gasteiger partial charge in [-0.3, -0.25) is 4.79 Å². The minimum absolute atomic E-state index is 0.121. The lowest BCUT2D eigenvalue weighted by molar-refractivity contribution is -0.115. The van der Waals surface area contributed by atoms with Gasteiger partial charge in [0.2, 0.25) is 5.91 Å². The molecular weight excluding hydrogens is 384 g/mol. The second-order valence-electron chi connectivity index (χ2n) is 6.35. The number of halogens is 1. The monoisotopic (exact) mass is 404 g/mol. The molecule has 2 heterocycles. The maximum Gasteiger partial charge on any atom is 0.238 e. The molecule has 0 aliphatic rings.